The second kappa shape index (κ2) is 6.89. The van der Waals surface area contributed by atoms with Crippen LogP contribution in [0.3, 0.4) is 0 Å². The van der Waals surface area contributed by atoms with Gasteiger partial charge in [0.1, 0.15) is 11.5 Å². The van der Waals surface area contributed by atoms with Gasteiger partial charge < -0.3 is 15.5 Å². The molecule has 0 aliphatic heterocycles. The first-order valence-corrected chi connectivity index (χ1v) is 6.27. The first kappa shape index (κ1) is 15.0. The van der Waals surface area contributed by atoms with E-state index in [2.05, 4.69) is 10.4 Å². The fourth-order valence-corrected chi connectivity index (χ4v) is 1.56. The highest BCUT2D eigenvalue weighted by Gasteiger charge is 2.12. The lowest BCUT2D eigenvalue weighted by Gasteiger charge is -2.03. The van der Waals surface area contributed by atoms with E-state index in [-0.39, 0.29) is 17.1 Å². The molecule has 2 rings (SSSR count). The van der Waals surface area contributed by atoms with Crippen LogP contribution in [0.25, 0.3) is 0 Å². The standard InChI is InChI=1S/C15H13N3O4/c19-12-7-6-10(13(20)8-12)9-16-18-15(22)14(21)17-11-4-2-1-3-5-11/h1-9,19-20H,(H,17,21)(H,18,22)/b16-9+. The van der Waals surface area contributed by atoms with Gasteiger partial charge in [-0.3, -0.25) is 9.59 Å². The third kappa shape index (κ3) is 4.07. The van der Waals surface area contributed by atoms with Crippen molar-refractivity contribution in [2.24, 2.45) is 5.10 Å². The number of aromatic hydroxyl groups is 2. The molecule has 0 fully saturated rings. The van der Waals surface area contributed by atoms with Gasteiger partial charge in [0.25, 0.3) is 0 Å². The number of anilines is 1. The zero-order valence-electron chi connectivity index (χ0n) is 11.4. The normalized spacial score (nSPS) is 10.4. The Morgan fingerprint density at radius 2 is 1.73 bits per heavy atom. The molecule has 0 saturated carbocycles. The fraction of sp³-hybridized carbons (Fsp3) is 0. The Bertz CT molecular complexity index is 714. The van der Waals surface area contributed by atoms with Gasteiger partial charge in [-0.1, -0.05) is 18.2 Å². The number of phenolic OH excluding ortho intramolecular Hbond substituents is 2. The largest absolute Gasteiger partial charge is 0.508 e. The summed E-state index contributed by atoms with van der Waals surface area (Å²) in [5.41, 5.74) is 2.81. The number of nitrogens with zero attached hydrogens (tertiary/aromatic N) is 1. The SMILES string of the molecule is O=C(N/N=C/c1ccc(O)cc1O)C(=O)Nc1ccccc1. The van der Waals surface area contributed by atoms with Crippen LogP contribution in [0.1, 0.15) is 5.56 Å². The average Bonchev–Trinajstić information content (AvgIpc) is 2.50. The lowest BCUT2D eigenvalue weighted by atomic mass is 10.2. The molecule has 2 amide bonds. The van der Waals surface area contributed by atoms with E-state index >= 15 is 0 Å². The Morgan fingerprint density at radius 1 is 1.00 bits per heavy atom. The molecule has 2 aromatic carbocycles. The van der Waals surface area contributed by atoms with E-state index in [9.17, 15) is 14.7 Å². The third-order valence-electron chi connectivity index (χ3n) is 2.62. The van der Waals surface area contributed by atoms with Crippen molar-refractivity contribution in [1.29, 1.82) is 0 Å². The fourth-order valence-electron chi connectivity index (χ4n) is 1.56. The summed E-state index contributed by atoms with van der Waals surface area (Å²) in [6.07, 6.45) is 1.16. The smallest absolute Gasteiger partial charge is 0.329 e. The molecule has 0 unspecified atom stereocenters. The van der Waals surface area contributed by atoms with Crippen LogP contribution in [0.5, 0.6) is 11.5 Å². The molecule has 0 aliphatic carbocycles. The molecule has 0 heterocycles. The van der Waals surface area contributed by atoms with Crippen LogP contribution in [0.15, 0.2) is 53.6 Å². The van der Waals surface area contributed by atoms with E-state index in [1.165, 1.54) is 12.1 Å². The summed E-state index contributed by atoms with van der Waals surface area (Å²) in [4.78, 5) is 23.1. The Morgan fingerprint density at radius 3 is 2.41 bits per heavy atom. The van der Waals surface area contributed by atoms with Gasteiger partial charge in [0.15, 0.2) is 0 Å². The number of phenols is 2. The van der Waals surface area contributed by atoms with Gasteiger partial charge in [0.05, 0.1) is 6.21 Å². The molecular weight excluding hydrogens is 286 g/mol. The molecule has 112 valence electrons. The van der Waals surface area contributed by atoms with E-state index in [0.717, 1.165) is 12.3 Å². The summed E-state index contributed by atoms with van der Waals surface area (Å²) in [7, 11) is 0. The highest BCUT2D eigenvalue weighted by Crippen LogP contribution is 2.20. The maximum absolute atomic E-state index is 11.6. The van der Waals surface area contributed by atoms with Crippen LogP contribution < -0.4 is 10.7 Å². The summed E-state index contributed by atoms with van der Waals surface area (Å²) >= 11 is 0. The van der Waals surface area contributed by atoms with Crippen LogP contribution in [-0.4, -0.2) is 28.2 Å². The zero-order chi connectivity index (χ0) is 15.9. The Hall–Kier alpha value is -3.35. The number of nitrogens with one attached hydrogen (secondary N) is 2. The molecule has 0 saturated heterocycles. The zero-order valence-corrected chi connectivity index (χ0v) is 11.4. The van der Waals surface area contributed by atoms with Crippen molar-refractivity contribution in [2.45, 2.75) is 0 Å². The van der Waals surface area contributed by atoms with Crippen molar-refractivity contribution in [1.82, 2.24) is 5.43 Å². The highest BCUT2D eigenvalue weighted by molar-refractivity contribution is 6.39. The molecule has 0 radical (unpaired) electrons. The van der Waals surface area contributed by atoms with Gasteiger partial charge in [-0.25, -0.2) is 5.43 Å². The van der Waals surface area contributed by atoms with Crippen molar-refractivity contribution in [3.8, 4) is 11.5 Å². The number of benzene rings is 2. The van der Waals surface area contributed by atoms with Crippen molar-refractivity contribution in [3.05, 3.63) is 54.1 Å². The first-order valence-electron chi connectivity index (χ1n) is 6.27. The van der Waals surface area contributed by atoms with Crippen molar-refractivity contribution >= 4 is 23.7 Å². The molecule has 0 aromatic heterocycles. The minimum Gasteiger partial charge on any atom is -0.508 e. The molecule has 22 heavy (non-hydrogen) atoms. The molecule has 7 heteroatoms. The first-order chi connectivity index (χ1) is 10.6. The quantitative estimate of drug-likeness (QED) is 0.387. The van der Waals surface area contributed by atoms with Crippen LogP contribution in [0.2, 0.25) is 0 Å². The predicted molar refractivity (Wildman–Crippen MR) is 80.6 cm³/mol. The molecule has 4 N–H and O–H groups in total. The second-order valence-electron chi connectivity index (χ2n) is 4.26. The van der Waals surface area contributed by atoms with Crippen LogP contribution in [0.4, 0.5) is 5.69 Å². The maximum Gasteiger partial charge on any atom is 0.329 e. The average molecular weight is 299 g/mol. The molecular formula is C15H13N3O4. The topological polar surface area (TPSA) is 111 Å². The molecule has 0 atom stereocenters. The Balaban J connectivity index is 1.92. The summed E-state index contributed by atoms with van der Waals surface area (Å²) < 4.78 is 0. The lowest BCUT2D eigenvalue weighted by Crippen LogP contribution is -2.32. The second-order valence-corrected chi connectivity index (χ2v) is 4.26. The van der Waals surface area contributed by atoms with E-state index in [4.69, 9.17) is 5.11 Å². The van der Waals surface area contributed by atoms with Crippen molar-refractivity contribution < 1.29 is 19.8 Å². The number of hydrazone groups is 1. The number of para-hydroxylation sites is 1. The van der Waals surface area contributed by atoms with Gasteiger partial charge in [-0.15, -0.1) is 0 Å². The number of hydrogen-bond acceptors (Lipinski definition) is 5. The molecule has 0 aliphatic rings. The summed E-state index contributed by atoms with van der Waals surface area (Å²) in [5.74, 6) is -2.11. The number of hydrogen-bond donors (Lipinski definition) is 4. The molecule has 7 nitrogen and oxygen atoms in total. The minimum absolute atomic E-state index is 0.0964. The summed E-state index contributed by atoms with van der Waals surface area (Å²) in [5, 5.41) is 24.6. The molecule has 2 aromatic rings. The maximum atomic E-state index is 11.6. The Kier molecular flexibility index (Phi) is 4.71. The lowest BCUT2D eigenvalue weighted by molar-refractivity contribution is -0.136. The summed E-state index contributed by atoms with van der Waals surface area (Å²) in [6, 6.07) is 12.4. The van der Waals surface area contributed by atoms with Crippen LogP contribution in [-0.2, 0) is 9.59 Å². The predicted octanol–water partition coefficient (Wildman–Crippen LogP) is 1.19. The van der Waals surface area contributed by atoms with Gasteiger partial charge >= 0.3 is 11.8 Å². The van der Waals surface area contributed by atoms with Crippen LogP contribution >= 0.6 is 0 Å². The number of amides is 2. The van der Waals surface area contributed by atoms with Gasteiger partial charge in [0, 0.05) is 17.3 Å². The van der Waals surface area contributed by atoms with Gasteiger partial charge in [-0.2, -0.15) is 5.10 Å². The minimum atomic E-state index is -0.946. The summed E-state index contributed by atoms with van der Waals surface area (Å²) in [6.45, 7) is 0. The molecule has 0 spiro atoms. The third-order valence-corrected chi connectivity index (χ3v) is 2.62. The number of carbonyl (C=O) groups is 2. The number of carbonyl (C=O) groups excluding carboxylic acids is 2. The van der Waals surface area contributed by atoms with Gasteiger partial charge in [0.2, 0.25) is 0 Å². The van der Waals surface area contributed by atoms with Crippen LogP contribution in [0, 0.1) is 0 Å². The number of rotatable bonds is 3. The molecule has 0 bridgehead atoms. The van der Waals surface area contributed by atoms with Gasteiger partial charge in [-0.05, 0) is 24.3 Å². The Labute approximate surface area is 125 Å². The highest BCUT2D eigenvalue weighted by atomic mass is 16.3. The van der Waals surface area contributed by atoms with E-state index in [1.54, 1.807) is 30.3 Å². The van der Waals surface area contributed by atoms with Crippen molar-refractivity contribution in [3.63, 3.8) is 0 Å². The van der Waals surface area contributed by atoms with E-state index in [1.807, 2.05) is 5.43 Å². The van der Waals surface area contributed by atoms with E-state index in [0.29, 0.717) is 5.69 Å². The van der Waals surface area contributed by atoms with Crippen molar-refractivity contribution in [2.75, 3.05) is 5.32 Å². The monoisotopic (exact) mass is 299 g/mol. The van der Waals surface area contributed by atoms with E-state index < -0.39 is 11.8 Å².